The van der Waals surface area contributed by atoms with E-state index < -0.39 is 21.4 Å². The van der Waals surface area contributed by atoms with E-state index in [2.05, 4.69) is 20.7 Å². The Labute approximate surface area is 124 Å². The first kappa shape index (κ1) is 16.3. The molecule has 1 rings (SSSR count). The zero-order chi connectivity index (χ0) is 14.6. The third kappa shape index (κ3) is 4.12. The normalized spacial score (nSPS) is 17.3. The number of halogens is 1. The quantitative estimate of drug-likeness (QED) is 0.466. The van der Waals surface area contributed by atoms with Crippen molar-refractivity contribution in [2.24, 2.45) is 5.92 Å². The molecule has 1 aromatic rings. The number of carbonyl (C=O) groups excluding carboxylic acids is 1. The molecule has 0 radical (unpaired) electrons. The van der Waals surface area contributed by atoms with Gasteiger partial charge in [0.2, 0.25) is 0 Å². The molecule has 0 N–H and O–H groups in total. The van der Waals surface area contributed by atoms with E-state index in [1.54, 1.807) is 24.3 Å². The molecule has 0 saturated heterocycles. The Morgan fingerprint density at radius 3 is 2.42 bits per heavy atom. The van der Waals surface area contributed by atoms with Crippen molar-refractivity contribution >= 4 is 33.0 Å². The van der Waals surface area contributed by atoms with Gasteiger partial charge in [0, 0.05) is 5.75 Å². The smallest absolute Gasteiger partial charge is 0.337 e. The summed E-state index contributed by atoms with van der Waals surface area (Å²) in [7, 11) is 1.33. The predicted molar refractivity (Wildman–Crippen MR) is 77.0 cm³/mol. The number of ether oxygens (including phenoxy) is 1. The van der Waals surface area contributed by atoms with Crippen LogP contribution in [0.3, 0.4) is 0 Å². The molecule has 1 aromatic carbocycles. The highest BCUT2D eigenvalue weighted by atomic mass is 79.9. The van der Waals surface area contributed by atoms with E-state index in [9.17, 15) is 13.6 Å². The lowest BCUT2D eigenvalue weighted by Crippen LogP contribution is -2.27. The van der Waals surface area contributed by atoms with Gasteiger partial charge in [0.1, 0.15) is 0 Å². The molecule has 0 fully saturated rings. The van der Waals surface area contributed by atoms with Gasteiger partial charge in [-0.2, -0.15) is 0 Å². The zero-order valence-corrected chi connectivity index (χ0v) is 13.4. The molecule has 0 bridgehead atoms. The Bertz CT molecular complexity index is 470. The largest absolute Gasteiger partial charge is 0.772 e. The van der Waals surface area contributed by atoms with Gasteiger partial charge in [-0.05, 0) is 30.5 Å². The molecule has 0 spiro atoms. The van der Waals surface area contributed by atoms with E-state index in [1.807, 2.05) is 13.8 Å². The van der Waals surface area contributed by atoms with Crippen LogP contribution in [-0.2, 0) is 20.1 Å². The van der Waals surface area contributed by atoms with E-state index >= 15 is 0 Å². The average molecular weight is 348 g/mol. The van der Waals surface area contributed by atoms with Gasteiger partial charge in [-0.3, -0.25) is 4.21 Å². The van der Waals surface area contributed by atoms with Crippen LogP contribution in [0.5, 0.6) is 0 Å². The second-order valence-electron chi connectivity index (χ2n) is 4.52. The Morgan fingerprint density at radius 2 is 2.00 bits per heavy atom. The first-order valence-corrected chi connectivity index (χ1v) is 7.76. The number of hydrogen-bond acceptors (Lipinski definition) is 4. The van der Waals surface area contributed by atoms with E-state index in [4.69, 9.17) is 0 Å². The van der Waals surface area contributed by atoms with Crippen molar-refractivity contribution in [3.05, 3.63) is 35.4 Å². The molecular weight excluding hydrogens is 332 g/mol. The summed E-state index contributed by atoms with van der Waals surface area (Å²) in [5.41, 5.74) is 1.38. The standard InChI is InChI=1S/C13H17BrO4S/c1-9(8-19(16)17)13(2,14)11-6-4-10(5-7-11)12(15)18-3/h4-7,9H,8H2,1-3H3,(H,16,17)/p-1. The van der Waals surface area contributed by atoms with Crippen LogP contribution in [0, 0.1) is 5.92 Å². The van der Waals surface area contributed by atoms with Gasteiger partial charge in [0.15, 0.2) is 0 Å². The van der Waals surface area contributed by atoms with Crippen molar-refractivity contribution in [3.63, 3.8) is 0 Å². The SMILES string of the molecule is COC(=O)c1ccc(C(C)(Br)C(C)CS(=O)[O-])cc1. The van der Waals surface area contributed by atoms with Gasteiger partial charge in [-0.15, -0.1) is 0 Å². The fraction of sp³-hybridized carbons (Fsp3) is 0.462. The summed E-state index contributed by atoms with van der Waals surface area (Å²) in [5.74, 6) is -0.424. The van der Waals surface area contributed by atoms with Crippen molar-refractivity contribution in [1.82, 2.24) is 0 Å². The lowest BCUT2D eigenvalue weighted by atomic mass is 9.89. The summed E-state index contributed by atoms with van der Waals surface area (Å²) in [5, 5.41) is 0. The van der Waals surface area contributed by atoms with Crippen molar-refractivity contribution < 1.29 is 18.3 Å². The van der Waals surface area contributed by atoms with Crippen LogP contribution >= 0.6 is 15.9 Å². The van der Waals surface area contributed by atoms with Crippen LogP contribution in [0.25, 0.3) is 0 Å². The maximum absolute atomic E-state index is 11.3. The molecule has 19 heavy (non-hydrogen) atoms. The summed E-state index contributed by atoms with van der Waals surface area (Å²) >= 11 is 1.49. The van der Waals surface area contributed by atoms with Gasteiger partial charge in [0.05, 0.1) is 17.0 Å². The Kier molecular flexibility index (Phi) is 5.70. The summed E-state index contributed by atoms with van der Waals surface area (Å²) in [6.07, 6.45) is 0. The summed E-state index contributed by atoms with van der Waals surface area (Å²) in [6, 6.07) is 6.93. The van der Waals surface area contributed by atoms with Crippen LogP contribution in [0.1, 0.15) is 29.8 Å². The van der Waals surface area contributed by atoms with Crippen LogP contribution in [-0.4, -0.2) is 27.6 Å². The maximum Gasteiger partial charge on any atom is 0.337 e. The highest BCUT2D eigenvalue weighted by molar-refractivity contribution is 9.09. The third-order valence-corrected chi connectivity index (χ3v) is 5.19. The van der Waals surface area contributed by atoms with Gasteiger partial charge >= 0.3 is 5.97 Å². The maximum atomic E-state index is 11.3. The Balaban J connectivity index is 2.95. The van der Waals surface area contributed by atoms with Crippen LogP contribution < -0.4 is 0 Å². The van der Waals surface area contributed by atoms with Crippen LogP contribution in [0.4, 0.5) is 0 Å². The summed E-state index contributed by atoms with van der Waals surface area (Å²) in [4.78, 5) is 11.3. The number of alkyl halides is 1. The molecule has 106 valence electrons. The van der Waals surface area contributed by atoms with Crippen molar-refractivity contribution in [3.8, 4) is 0 Å². The highest BCUT2D eigenvalue weighted by Crippen LogP contribution is 2.38. The molecule has 0 aliphatic heterocycles. The number of hydrogen-bond donors (Lipinski definition) is 0. The lowest BCUT2D eigenvalue weighted by molar-refractivity contribution is 0.0600. The molecule has 3 unspecified atom stereocenters. The van der Waals surface area contributed by atoms with Crippen LogP contribution in [0.15, 0.2) is 24.3 Å². The topological polar surface area (TPSA) is 66.4 Å². The number of carbonyl (C=O) groups is 1. The highest BCUT2D eigenvalue weighted by Gasteiger charge is 2.30. The molecular formula is C13H16BrO4S-. The van der Waals surface area contributed by atoms with E-state index in [-0.39, 0.29) is 11.7 Å². The zero-order valence-electron chi connectivity index (χ0n) is 11.0. The van der Waals surface area contributed by atoms with Gasteiger partial charge in [-0.1, -0.05) is 46.1 Å². The molecule has 4 nitrogen and oxygen atoms in total. The molecule has 6 heteroatoms. The minimum Gasteiger partial charge on any atom is -0.772 e. The number of methoxy groups -OCH3 is 1. The summed E-state index contributed by atoms with van der Waals surface area (Å²) in [6.45, 7) is 3.77. The minimum atomic E-state index is -2.08. The first-order valence-electron chi connectivity index (χ1n) is 5.72. The lowest BCUT2D eigenvalue weighted by Gasteiger charge is -2.31. The third-order valence-electron chi connectivity index (χ3n) is 3.18. The molecule has 0 aliphatic rings. The molecule has 0 aliphatic carbocycles. The second-order valence-corrected chi connectivity index (χ2v) is 7.10. The fourth-order valence-electron chi connectivity index (χ4n) is 1.70. The van der Waals surface area contributed by atoms with E-state index in [1.165, 1.54) is 7.11 Å². The number of benzene rings is 1. The molecule has 0 amide bonds. The van der Waals surface area contributed by atoms with Crippen molar-refractivity contribution in [2.45, 2.75) is 18.2 Å². The van der Waals surface area contributed by atoms with E-state index in [0.717, 1.165) is 5.56 Å². The summed E-state index contributed by atoms with van der Waals surface area (Å²) < 4.78 is 25.7. The molecule has 0 saturated carbocycles. The van der Waals surface area contributed by atoms with Gasteiger partial charge in [-0.25, -0.2) is 4.79 Å². The average Bonchev–Trinajstić information content (AvgIpc) is 2.37. The van der Waals surface area contributed by atoms with Gasteiger partial charge in [0.25, 0.3) is 0 Å². The van der Waals surface area contributed by atoms with Crippen molar-refractivity contribution in [1.29, 1.82) is 0 Å². The van der Waals surface area contributed by atoms with Crippen molar-refractivity contribution in [2.75, 3.05) is 12.9 Å². The fourth-order valence-corrected chi connectivity index (χ4v) is 3.08. The molecule has 0 heterocycles. The monoisotopic (exact) mass is 347 g/mol. The molecule has 3 atom stereocenters. The predicted octanol–water partition coefficient (Wildman–Crippen LogP) is 2.60. The minimum absolute atomic E-state index is 0.0699. The first-order chi connectivity index (χ1) is 8.78. The molecule has 0 aromatic heterocycles. The van der Waals surface area contributed by atoms with Gasteiger partial charge < -0.3 is 9.29 Å². The number of esters is 1. The van der Waals surface area contributed by atoms with Crippen LogP contribution in [0.2, 0.25) is 0 Å². The second kappa shape index (κ2) is 6.63. The van der Waals surface area contributed by atoms with E-state index in [0.29, 0.717) is 5.56 Å². The number of rotatable bonds is 5. The Hall–Kier alpha value is -0.720. The Morgan fingerprint density at radius 1 is 1.47 bits per heavy atom.